The molecule has 1 aromatic heterocycles. The zero-order chi connectivity index (χ0) is 13.9. The summed E-state index contributed by atoms with van der Waals surface area (Å²) < 4.78 is 1.80. The van der Waals surface area contributed by atoms with Gasteiger partial charge in [0.1, 0.15) is 5.52 Å². The van der Waals surface area contributed by atoms with Crippen molar-refractivity contribution in [2.75, 3.05) is 0 Å². The maximum Gasteiger partial charge on any atom is 0.274 e. The monoisotopic (exact) mass is 268 g/mol. The Kier molecular flexibility index (Phi) is 3.14. The van der Waals surface area contributed by atoms with Crippen molar-refractivity contribution in [3.8, 4) is 0 Å². The number of benzene rings is 2. The molecule has 0 fully saturated rings. The van der Waals surface area contributed by atoms with Gasteiger partial charge in [-0.05, 0) is 29.8 Å². The number of hydrogen-bond acceptors (Lipinski definition) is 4. The standard InChI is InChI=1S/C14H12N4O2/c19-14(16-20)11-7-5-10(6-8-11)9-18-13-4-2-1-3-12(13)15-17-18/h1-8,20H,9H2,(H,16,19). The molecule has 0 saturated heterocycles. The van der Waals surface area contributed by atoms with Crippen LogP contribution < -0.4 is 5.48 Å². The van der Waals surface area contributed by atoms with Crippen LogP contribution in [-0.4, -0.2) is 26.1 Å². The molecule has 0 saturated carbocycles. The molecule has 6 heteroatoms. The van der Waals surface area contributed by atoms with Crippen molar-refractivity contribution in [3.63, 3.8) is 0 Å². The van der Waals surface area contributed by atoms with Gasteiger partial charge in [-0.2, -0.15) is 0 Å². The van der Waals surface area contributed by atoms with E-state index in [1.54, 1.807) is 22.3 Å². The van der Waals surface area contributed by atoms with Crippen molar-refractivity contribution >= 4 is 16.9 Å². The molecule has 0 unspecified atom stereocenters. The predicted molar refractivity (Wildman–Crippen MR) is 72.3 cm³/mol. The van der Waals surface area contributed by atoms with Crippen molar-refractivity contribution in [3.05, 3.63) is 59.7 Å². The Labute approximate surface area is 114 Å². The molecule has 2 aromatic carbocycles. The van der Waals surface area contributed by atoms with E-state index >= 15 is 0 Å². The average molecular weight is 268 g/mol. The Morgan fingerprint density at radius 2 is 1.90 bits per heavy atom. The molecule has 3 aromatic rings. The molecule has 6 nitrogen and oxygen atoms in total. The molecular formula is C14H12N4O2. The van der Waals surface area contributed by atoms with Crippen molar-refractivity contribution in [1.29, 1.82) is 0 Å². The van der Waals surface area contributed by atoms with Crippen molar-refractivity contribution in [2.24, 2.45) is 0 Å². The maximum absolute atomic E-state index is 11.2. The van der Waals surface area contributed by atoms with Crippen LogP contribution in [0.2, 0.25) is 0 Å². The highest BCUT2D eigenvalue weighted by Crippen LogP contribution is 2.12. The molecule has 0 aliphatic carbocycles. The summed E-state index contributed by atoms with van der Waals surface area (Å²) in [5, 5.41) is 16.8. The SMILES string of the molecule is O=C(NO)c1ccc(Cn2nnc3ccccc32)cc1. The molecular weight excluding hydrogens is 256 g/mol. The fourth-order valence-electron chi connectivity index (χ4n) is 2.03. The van der Waals surface area contributed by atoms with E-state index in [1.165, 1.54) is 0 Å². The highest BCUT2D eigenvalue weighted by Gasteiger charge is 2.06. The van der Waals surface area contributed by atoms with Gasteiger partial charge < -0.3 is 0 Å². The summed E-state index contributed by atoms with van der Waals surface area (Å²) in [6, 6.07) is 14.7. The first-order valence-electron chi connectivity index (χ1n) is 6.09. The molecule has 0 atom stereocenters. The van der Waals surface area contributed by atoms with Crippen molar-refractivity contribution < 1.29 is 10.0 Å². The Morgan fingerprint density at radius 1 is 1.15 bits per heavy atom. The summed E-state index contributed by atoms with van der Waals surface area (Å²) in [5.41, 5.74) is 4.82. The van der Waals surface area contributed by atoms with Gasteiger partial charge in [-0.1, -0.05) is 29.5 Å². The zero-order valence-corrected chi connectivity index (χ0v) is 10.5. The molecule has 3 rings (SSSR count). The summed E-state index contributed by atoms with van der Waals surface area (Å²) in [6.07, 6.45) is 0. The van der Waals surface area contributed by atoms with Crippen LogP contribution in [0.5, 0.6) is 0 Å². The zero-order valence-electron chi connectivity index (χ0n) is 10.5. The minimum Gasteiger partial charge on any atom is -0.288 e. The summed E-state index contributed by atoms with van der Waals surface area (Å²) in [7, 11) is 0. The minimum atomic E-state index is -0.525. The van der Waals surface area contributed by atoms with Crippen LogP contribution in [0, 0.1) is 0 Å². The van der Waals surface area contributed by atoms with Gasteiger partial charge in [-0.15, -0.1) is 5.10 Å². The average Bonchev–Trinajstić information content (AvgIpc) is 2.91. The number of rotatable bonds is 3. The van der Waals surface area contributed by atoms with Crippen LogP contribution in [-0.2, 0) is 6.54 Å². The third kappa shape index (κ3) is 2.24. The first-order chi connectivity index (χ1) is 9.78. The van der Waals surface area contributed by atoms with Crippen LogP contribution in [0.15, 0.2) is 48.5 Å². The van der Waals surface area contributed by atoms with Crippen LogP contribution in [0.1, 0.15) is 15.9 Å². The van der Waals surface area contributed by atoms with E-state index in [-0.39, 0.29) is 0 Å². The van der Waals surface area contributed by atoms with Gasteiger partial charge in [0.15, 0.2) is 0 Å². The number of aromatic nitrogens is 3. The second-order valence-corrected chi connectivity index (χ2v) is 4.37. The van der Waals surface area contributed by atoms with Gasteiger partial charge in [-0.25, -0.2) is 10.2 Å². The number of amides is 1. The number of carbonyl (C=O) groups excluding carboxylic acids is 1. The van der Waals surface area contributed by atoms with Crippen LogP contribution in [0.3, 0.4) is 0 Å². The van der Waals surface area contributed by atoms with Crippen LogP contribution in [0.25, 0.3) is 11.0 Å². The molecule has 1 heterocycles. The van der Waals surface area contributed by atoms with E-state index in [4.69, 9.17) is 5.21 Å². The summed E-state index contributed by atoms with van der Waals surface area (Å²) in [4.78, 5) is 11.2. The summed E-state index contributed by atoms with van der Waals surface area (Å²) in [6.45, 7) is 0.571. The number of para-hydroxylation sites is 1. The predicted octanol–water partition coefficient (Wildman–Crippen LogP) is 1.60. The molecule has 0 aliphatic rings. The molecule has 0 spiro atoms. The van der Waals surface area contributed by atoms with Crippen LogP contribution >= 0.6 is 0 Å². The molecule has 0 bridgehead atoms. The van der Waals surface area contributed by atoms with Crippen molar-refractivity contribution in [2.45, 2.75) is 6.54 Å². The van der Waals surface area contributed by atoms with Gasteiger partial charge in [0.05, 0.1) is 12.1 Å². The second kappa shape index (κ2) is 5.10. The van der Waals surface area contributed by atoms with Gasteiger partial charge in [0.25, 0.3) is 5.91 Å². The van der Waals surface area contributed by atoms with E-state index in [0.717, 1.165) is 16.6 Å². The molecule has 0 aliphatic heterocycles. The van der Waals surface area contributed by atoms with Crippen molar-refractivity contribution in [1.82, 2.24) is 20.5 Å². The lowest BCUT2D eigenvalue weighted by Crippen LogP contribution is -2.18. The second-order valence-electron chi connectivity index (χ2n) is 4.37. The Hall–Kier alpha value is -2.73. The topological polar surface area (TPSA) is 80.0 Å². The van der Waals surface area contributed by atoms with Gasteiger partial charge in [-0.3, -0.25) is 10.0 Å². The summed E-state index contributed by atoms with van der Waals surface area (Å²) >= 11 is 0. The number of fused-ring (bicyclic) bond motifs is 1. The summed E-state index contributed by atoms with van der Waals surface area (Å²) in [5.74, 6) is -0.525. The Bertz CT molecular complexity index is 749. The lowest BCUT2D eigenvalue weighted by atomic mass is 10.1. The van der Waals surface area contributed by atoms with Gasteiger partial charge in [0.2, 0.25) is 0 Å². The van der Waals surface area contributed by atoms with E-state index < -0.39 is 5.91 Å². The third-order valence-electron chi connectivity index (χ3n) is 3.07. The number of hydrogen-bond donors (Lipinski definition) is 2. The molecule has 100 valence electrons. The third-order valence-corrected chi connectivity index (χ3v) is 3.07. The fraction of sp³-hybridized carbons (Fsp3) is 0.0714. The Balaban J connectivity index is 1.86. The van der Waals surface area contributed by atoms with Gasteiger partial charge in [0, 0.05) is 5.56 Å². The fourth-order valence-corrected chi connectivity index (χ4v) is 2.03. The number of nitrogens with zero attached hydrogens (tertiary/aromatic N) is 3. The lowest BCUT2D eigenvalue weighted by molar-refractivity contribution is 0.0706. The lowest BCUT2D eigenvalue weighted by Gasteiger charge is -2.04. The molecule has 20 heavy (non-hydrogen) atoms. The van der Waals surface area contributed by atoms with E-state index in [9.17, 15) is 4.79 Å². The first kappa shape index (κ1) is 12.3. The van der Waals surface area contributed by atoms with Crippen LogP contribution in [0.4, 0.5) is 0 Å². The highest BCUT2D eigenvalue weighted by atomic mass is 16.5. The molecule has 1 amide bonds. The van der Waals surface area contributed by atoms with Gasteiger partial charge >= 0.3 is 0 Å². The highest BCUT2D eigenvalue weighted by molar-refractivity contribution is 5.93. The minimum absolute atomic E-state index is 0.402. The normalized spacial score (nSPS) is 10.7. The van der Waals surface area contributed by atoms with E-state index in [1.807, 2.05) is 36.4 Å². The number of hydroxylamine groups is 1. The number of carbonyl (C=O) groups is 1. The number of nitrogens with one attached hydrogen (secondary N) is 1. The Morgan fingerprint density at radius 3 is 2.65 bits per heavy atom. The largest absolute Gasteiger partial charge is 0.288 e. The quantitative estimate of drug-likeness (QED) is 0.558. The molecule has 2 N–H and O–H groups in total. The van der Waals surface area contributed by atoms with E-state index in [0.29, 0.717) is 12.1 Å². The molecule has 0 radical (unpaired) electrons. The first-order valence-corrected chi connectivity index (χ1v) is 6.09. The maximum atomic E-state index is 11.2. The van der Waals surface area contributed by atoms with E-state index in [2.05, 4.69) is 10.3 Å². The smallest absolute Gasteiger partial charge is 0.274 e.